The van der Waals surface area contributed by atoms with E-state index in [2.05, 4.69) is 16.6 Å². The number of ether oxygens (including phenoxy) is 4. The van der Waals surface area contributed by atoms with Gasteiger partial charge in [-0.25, -0.2) is 0 Å². The van der Waals surface area contributed by atoms with E-state index in [9.17, 15) is 45.3 Å². The first-order chi connectivity index (χ1) is 22.1. The number of carbonyl (C=O) groups excluding carboxylic acids is 1. The van der Waals surface area contributed by atoms with Gasteiger partial charge < -0.3 is 29.6 Å². The lowest BCUT2D eigenvalue weighted by Gasteiger charge is -2.19. The van der Waals surface area contributed by atoms with E-state index in [-0.39, 0.29) is 37.9 Å². The highest BCUT2D eigenvalue weighted by Gasteiger charge is 2.32. The summed E-state index contributed by atoms with van der Waals surface area (Å²) in [5.74, 6) is 1.07. The highest BCUT2D eigenvalue weighted by molar-refractivity contribution is 7.99. The summed E-state index contributed by atoms with van der Waals surface area (Å²) in [5.41, 5.74) is -3.22. The molecule has 0 aliphatic carbocycles. The van der Waals surface area contributed by atoms with E-state index in [0.29, 0.717) is 38.2 Å². The fourth-order valence-electron chi connectivity index (χ4n) is 3.61. The first kappa shape index (κ1) is 37.2. The Kier molecular flexibility index (Phi) is 16.3. The molecule has 1 atom stereocenters. The number of benzene rings is 2. The zero-order valence-electron chi connectivity index (χ0n) is 24.2. The van der Waals surface area contributed by atoms with Crippen molar-refractivity contribution in [3.05, 3.63) is 76.9 Å². The van der Waals surface area contributed by atoms with Gasteiger partial charge in [0.2, 0.25) is 5.91 Å². The van der Waals surface area contributed by atoms with Crippen molar-refractivity contribution < 1.29 is 43.4 Å². The van der Waals surface area contributed by atoms with Crippen LogP contribution in [0, 0.1) is 52.8 Å². The summed E-state index contributed by atoms with van der Waals surface area (Å²) in [6.07, 6.45) is 5.06. The number of thioether (sulfide) groups is 1. The highest BCUT2D eigenvalue weighted by Crippen LogP contribution is 2.39. The van der Waals surface area contributed by atoms with Crippen molar-refractivity contribution in [1.29, 1.82) is 0 Å². The molecular weight excluding hydrogens is 636 g/mol. The predicted molar refractivity (Wildman–Crippen MR) is 163 cm³/mol. The van der Waals surface area contributed by atoms with Gasteiger partial charge in [-0.15, -0.1) is 18.2 Å². The molecule has 0 heterocycles. The van der Waals surface area contributed by atoms with E-state index in [1.807, 2.05) is 0 Å². The van der Waals surface area contributed by atoms with Crippen LogP contribution in [0.2, 0.25) is 0 Å². The molecule has 0 saturated carbocycles. The minimum absolute atomic E-state index is 0.0131. The van der Waals surface area contributed by atoms with Gasteiger partial charge in [-0.3, -0.25) is 45.3 Å². The number of terminal acetylenes is 1. The first-order valence-electron chi connectivity index (χ1n) is 13.3. The lowest BCUT2D eigenvalue weighted by molar-refractivity contribution is -0.399. The number of nitro benzene ring substituents is 4. The molecule has 19 nitrogen and oxygen atoms in total. The second-order valence-corrected chi connectivity index (χ2v) is 9.75. The van der Waals surface area contributed by atoms with Gasteiger partial charge in [0.25, 0.3) is 22.7 Å². The molecule has 46 heavy (non-hydrogen) atoms. The fraction of sp³-hybridized carbons (Fsp3) is 0.423. The summed E-state index contributed by atoms with van der Waals surface area (Å²) in [6.45, 7) is 1.90. The third kappa shape index (κ3) is 12.2. The molecule has 2 aromatic rings. The van der Waals surface area contributed by atoms with E-state index in [1.54, 1.807) is 0 Å². The Morgan fingerprint density at radius 2 is 1.17 bits per heavy atom. The molecule has 0 radical (unpaired) electrons. The maximum Gasteiger partial charge on any atom is 0.299 e. The Bertz CT molecular complexity index is 1360. The van der Waals surface area contributed by atoms with Gasteiger partial charge in [-0.05, 0) is 12.1 Å². The number of amides is 1. The summed E-state index contributed by atoms with van der Waals surface area (Å²) >= 11 is 0.558. The molecule has 2 rings (SSSR count). The normalized spacial score (nSPS) is 11.3. The SMILES string of the molecule is C#CCOCCOCCOCCOCCNC(=O)[C@H](CSc1c([N+](=O)[O-])cccc1[N+](=O)[O-])Nc1c([N+](=O)[O-])cccc1[N+](=O)[O-]. The van der Waals surface area contributed by atoms with Gasteiger partial charge >= 0.3 is 0 Å². The quantitative estimate of drug-likeness (QED) is 0.0568. The van der Waals surface area contributed by atoms with Gasteiger partial charge in [0.15, 0.2) is 10.6 Å². The van der Waals surface area contributed by atoms with Crippen LogP contribution in [0.25, 0.3) is 0 Å². The van der Waals surface area contributed by atoms with Crippen molar-refractivity contribution in [2.75, 3.05) is 70.5 Å². The Balaban J connectivity index is 2.05. The smallest absolute Gasteiger partial charge is 0.299 e. The zero-order chi connectivity index (χ0) is 33.9. The maximum atomic E-state index is 13.2. The molecule has 0 saturated heterocycles. The standard InChI is InChI=1S/C26H30N6O13S/c1-2-10-42-12-14-44-16-17-45-15-13-43-11-9-27-26(33)19(28-24-20(29(34)35)5-3-6-21(24)30(36)37)18-46-25-22(31(38)39)7-4-8-23(25)32(40)41/h1,3-8,19,28H,9-18H2,(H,27,33)/t19-/m0/s1. The maximum absolute atomic E-state index is 13.2. The molecule has 248 valence electrons. The van der Waals surface area contributed by atoms with Gasteiger partial charge in [-0.2, -0.15) is 0 Å². The lowest BCUT2D eigenvalue weighted by atomic mass is 10.2. The van der Waals surface area contributed by atoms with Crippen molar-refractivity contribution in [1.82, 2.24) is 5.32 Å². The van der Waals surface area contributed by atoms with E-state index < -0.39 is 65.8 Å². The van der Waals surface area contributed by atoms with Crippen LogP contribution in [-0.2, 0) is 23.7 Å². The van der Waals surface area contributed by atoms with Crippen molar-refractivity contribution in [2.45, 2.75) is 10.9 Å². The van der Waals surface area contributed by atoms with Crippen LogP contribution in [-0.4, -0.2) is 96.8 Å². The number of rotatable bonds is 23. The summed E-state index contributed by atoms with van der Waals surface area (Å²) in [6, 6.07) is 4.78. The third-order valence-electron chi connectivity index (χ3n) is 5.66. The number of carbonyl (C=O) groups is 1. The fourth-order valence-corrected chi connectivity index (χ4v) is 4.76. The molecule has 0 bridgehead atoms. The van der Waals surface area contributed by atoms with Crippen molar-refractivity contribution >= 4 is 46.1 Å². The van der Waals surface area contributed by atoms with Crippen molar-refractivity contribution in [3.63, 3.8) is 0 Å². The number of nitro groups is 4. The molecule has 2 aromatic carbocycles. The topological polar surface area (TPSA) is 251 Å². The number of nitrogens with zero attached hydrogens (tertiary/aromatic N) is 4. The van der Waals surface area contributed by atoms with E-state index in [4.69, 9.17) is 25.4 Å². The summed E-state index contributed by atoms with van der Waals surface area (Å²) in [7, 11) is 0. The molecular formula is C26H30N6O13S. The minimum atomic E-state index is -1.48. The molecule has 20 heteroatoms. The van der Waals surface area contributed by atoms with E-state index in [1.165, 1.54) is 0 Å². The second kappa shape index (κ2) is 20.2. The van der Waals surface area contributed by atoms with Crippen molar-refractivity contribution in [2.24, 2.45) is 0 Å². The number of hydrogen-bond acceptors (Lipinski definition) is 15. The van der Waals surface area contributed by atoms with Crippen LogP contribution in [0.3, 0.4) is 0 Å². The largest absolute Gasteiger partial charge is 0.377 e. The number of nitrogens with one attached hydrogen (secondary N) is 2. The molecule has 0 aliphatic heterocycles. The van der Waals surface area contributed by atoms with Crippen LogP contribution in [0.4, 0.5) is 28.4 Å². The molecule has 0 spiro atoms. The summed E-state index contributed by atoms with van der Waals surface area (Å²) < 4.78 is 21.1. The van der Waals surface area contributed by atoms with Crippen LogP contribution < -0.4 is 10.6 Å². The van der Waals surface area contributed by atoms with Gasteiger partial charge in [0.1, 0.15) is 12.6 Å². The molecule has 0 unspecified atom stereocenters. The predicted octanol–water partition coefficient (Wildman–Crippen LogP) is 2.71. The number of para-hydroxylation sites is 1. The lowest BCUT2D eigenvalue weighted by Crippen LogP contribution is -2.42. The second-order valence-electron chi connectivity index (χ2n) is 8.72. The Morgan fingerprint density at radius 3 is 1.63 bits per heavy atom. The summed E-state index contributed by atoms with van der Waals surface area (Å²) in [5, 5.41) is 51.4. The zero-order valence-corrected chi connectivity index (χ0v) is 25.0. The van der Waals surface area contributed by atoms with Gasteiger partial charge in [0, 0.05) is 36.6 Å². The third-order valence-corrected chi connectivity index (χ3v) is 6.86. The molecule has 0 aliphatic rings. The number of hydrogen-bond donors (Lipinski definition) is 2. The van der Waals surface area contributed by atoms with Crippen LogP contribution in [0.1, 0.15) is 0 Å². The minimum Gasteiger partial charge on any atom is -0.377 e. The van der Waals surface area contributed by atoms with E-state index >= 15 is 0 Å². The molecule has 2 N–H and O–H groups in total. The van der Waals surface area contributed by atoms with Gasteiger partial charge in [-0.1, -0.05) is 5.92 Å². The van der Waals surface area contributed by atoms with Crippen LogP contribution >= 0.6 is 11.8 Å². The average Bonchev–Trinajstić information content (AvgIpc) is 3.02. The highest BCUT2D eigenvalue weighted by atomic mass is 32.2. The Labute approximate surface area is 265 Å². The average molecular weight is 667 g/mol. The van der Waals surface area contributed by atoms with Crippen molar-refractivity contribution in [3.8, 4) is 12.3 Å². The summed E-state index contributed by atoms with van der Waals surface area (Å²) in [4.78, 5) is 55.7. The van der Waals surface area contributed by atoms with Gasteiger partial charge in [0.05, 0.1) is 65.9 Å². The number of anilines is 1. The molecule has 1 amide bonds. The molecule has 0 fully saturated rings. The first-order valence-corrected chi connectivity index (χ1v) is 14.3. The Morgan fingerprint density at radius 1 is 0.739 bits per heavy atom. The van der Waals surface area contributed by atoms with E-state index in [0.717, 1.165) is 36.4 Å². The Hall–Kier alpha value is -4.94. The van der Waals surface area contributed by atoms with Crippen LogP contribution in [0.15, 0.2) is 41.3 Å². The molecule has 0 aromatic heterocycles. The monoisotopic (exact) mass is 666 g/mol. The van der Waals surface area contributed by atoms with Crippen LogP contribution in [0.5, 0.6) is 0 Å².